The van der Waals surface area contributed by atoms with E-state index in [2.05, 4.69) is 39.6 Å². The van der Waals surface area contributed by atoms with Crippen molar-refractivity contribution >= 4 is 79.7 Å². The molecule has 4 heterocycles. The third-order valence-electron chi connectivity index (χ3n) is 9.76. The first-order valence-corrected chi connectivity index (χ1v) is 19.0. The molecule has 0 spiro atoms. The minimum Gasteiger partial charge on any atom is -0.468 e. The largest absolute Gasteiger partial charge is 0.468 e. The second-order valence-electron chi connectivity index (χ2n) is 12.9. The number of esters is 2. The van der Waals surface area contributed by atoms with Crippen LogP contribution in [0.15, 0.2) is 109 Å². The smallest absolute Gasteiger partial charge is 0.328 e. The average molecular weight is 821 g/mol. The lowest BCUT2D eigenvalue weighted by Crippen LogP contribution is -2.52. The van der Waals surface area contributed by atoms with E-state index >= 15 is 0 Å². The number of amides is 1. The fourth-order valence-corrected chi connectivity index (χ4v) is 7.54. The Hall–Kier alpha value is -5.13. The number of nitrogens with one attached hydrogen (secondary N) is 3. The molecule has 10 nitrogen and oxygen atoms in total. The number of aromatic nitrogens is 2. The maximum Gasteiger partial charge on any atom is 0.328 e. The first kappa shape index (κ1) is 42.0. The molecule has 4 atom stereocenters. The van der Waals surface area contributed by atoms with Crippen molar-refractivity contribution in [3.63, 3.8) is 0 Å². The molecule has 0 radical (unpaired) electrons. The van der Waals surface area contributed by atoms with Gasteiger partial charge in [-0.05, 0) is 46.0 Å². The molecule has 1 amide bonds. The number of hydrogen-bond donors (Lipinski definition) is 3. The molecular weight excluding hydrogens is 775 g/mol. The van der Waals surface area contributed by atoms with Crippen LogP contribution in [-0.2, 0) is 41.5 Å². The maximum absolute atomic E-state index is 12.8. The van der Waals surface area contributed by atoms with E-state index in [0.29, 0.717) is 12.8 Å². The first-order valence-electron chi connectivity index (χ1n) is 17.5. The lowest BCUT2D eigenvalue weighted by Gasteiger charge is -2.40. The molecule has 6 aromatic rings. The highest BCUT2D eigenvalue weighted by Crippen LogP contribution is 2.41. The SMILES string of the molecule is C.COC(=O)[C@@H]1Cc2c([nH]c3ccccc23)C(c2ccccc2)N1.COC(=O)[C@@H]1Cc2c([nH]c3ccccc23)C(c2ccccc2)N1C(=O)CCl.O=C(Cl)CCl.[2HH]. The topological polar surface area (TPSA) is 134 Å². The first-order chi connectivity index (χ1) is 26.7. The number of hydrogen-bond acceptors (Lipinski definition) is 7. The van der Waals surface area contributed by atoms with E-state index in [1.54, 1.807) is 4.90 Å². The number of rotatable bonds is 6. The van der Waals surface area contributed by atoms with Gasteiger partial charge >= 0.3 is 11.9 Å². The fraction of sp³-hybridized carbons (Fsp3) is 0.256. The molecule has 0 saturated heterocycles. The summed E-state index contributed by atoms with van der Waals surface area (Å²) in [4.78, 5) is 55.5. The number of alkyl halides is 2. The van der Waals surface area contributed by atoms with Crippen LogP contribution in [0.5, 0.6) is 0 Å². The molecule has 56 heavy (non-hydrogen) atoms. The summed E-state index contributed by atoms with van der Waals surface area (Å²) in [5.41, 5.74) is 8.42. The van der Waals surface area contributed by atoms with E-state index < -0.39 is 23.3 Å². The summed E-state index contributed by atoms with van der Waals surface area (Å²) in [5.74, 6) is -1.26. The standard InChI is InChI=1S/C21H19ClN2O3.C19H18N2O2.C2H2Cl2O.CH4.H2/c1-27-21(26)17-11-15-14-9-5-6-10-16(14)23-19(15)20(24(17)18(25)12-22)13-7-3-2-4-8-13;1-23-19(22)16-11-14-13-9-5-6-10-15(13)20-18(14)17(21-16)12-7-3-2-4-8-12;3-1-2(4)5;;/h2-10,17,20,23H,11-12H2,1H3;2-10,16-17,20-21H,11H2,1H3;1H2;1H4;1H/t17-,20?;16-,17?;;;/m00.../s1/i;;;;1+1. The van der Waals surface area contributed by atoms with E-state index in [9.17, 15) is 19.2 Å². The fourth-order valence-electron chi connectivity index (χ4n) is 7.40. The molecule has 0 bridgehead atoms. The summed E-state index contributed by atoms with van der Waals surface area (Å²) in [6.45, 7) is 0. The third-order valence-corrected chi connectivity index (χ3v) is 10.5. The second kappa shape index (κ2) is 19.1. The summed E-state index contributed by atoms with van der Waals surface area (Å²) in [5, 5.41) is 5.16. The number of carbonyl (C=O) groups excluding carboxylic acids is 4. The summed E-state index contributed by atoms with van der Waals surface area (Å²) in [7, 11) is 2.78. The number of ether oxygens (including phenoxy) is 2. The summed E-state index contributed by atoms with van der Waals surface area (Å²) in [6, 6.07) is 34.5. The Morgan fingerprint density at radius 2 is 1.16 bits per heavy atom. The Labute approximate surface area is 341 Å². The molecule has 0 aliphatic carbocycles. The van der Waals surface area contributed by atoms with E-state index in [0.717, 1.165) is 44.5 Å². The van der Waals surface area contributed by atoms with Crippen molar-refractivity contribution in [1.29, 1.82) is 0 Å². The Morgan fingerprint density at radius 3 is 1.68 bits per heavy atom. The van der Waals surface area contributed by atoms with Gasteiger partial charge in [-0.2, -0.15) is 0 Å². The third kappa shape index (κ3) is 8.79. The minimum absolute atomic E-state index is 0. The van der Waals surface area contributed by atoms with Gasteiger partial charge in [-0.25, -0.2) is 4.79 Å². The van der Waals surface area contributed by atoms with Crippen molar-refractivity contribution in [3.05, 3.63) is 143 Å². The van der Waals surface area contributed by atoms with Gasteiger partial charge < -0.3 is 24.3 Å². The van der Waals surface area contributed by atoms with E-state index in [1.165, 1.54) is 25.2 Å². The van der Waals surface area contributed by atoms with Crippen molar-refractivity contribution in [3.8, 4) is 0 Å². The average Bonchev–Trinajstić information content (AvgIpc) is 3.81. The van der Waals surface area contributed by atoms with Gasteiger partial charge in [0.25, 0.3) is 0 Å². The highest BCUT2D eigenvalue weighted by Gasteiger charge is 2.43. The minimum atomic E-state index is -0.724. The van der Waals surface area contributed by atoms with Crippen LogP contribution in [0.3, 0.4) is 0 Å². The number of fused-ring (bicyclic) bond motifs is 6. The molecule has 13 heteroatoms. The number of methoxy groups -OCH3 is 2. The number of halogens is 3. The van der Waals surface area contributed by atoms with Crippen molar-refractivity contribution in [2.24, 2.45) is 0 Å². The predicted octanol–water partition coefficient (Wildman–Crippen LogP) is 8.24. The number of benzene rings is 4. The number of carbonyl (C=O) groups is 4. The summed E-state index contributed by atoms with van der Waals surface area (Å²) >= 11 is 15.4. The summed E-state index contributed by atoms with van der Waals surface area (Å²) < 4.78 is 9.98. The van der Waals surface area contributed by atoms with Crippen LogP contribution in [-0.4, -0.2) is 76.0 Å². The molecule has 2 aliphatic rings. The Balaban J connectivity index is 0.000000221. The molecular formula is C43H45Cl3N4O6. The van der Waals surface area contributed by atoms with Crippen molar-refractivity contribution in [2.75, 3.05) is 26.0 Å². The van der Waals surface area contributed by atoms with Crippen LogP contribution in [0.25, 0.3) is 21.8 Å². The summed E-state index contributed by atoms with van der Waals surface area (Å²) in [6.07, 6.45) is 1.02. The van der Waals surface area contributed by atoms with Gasteiger partial charge in [0, 0.05) is 47.5 Å². The molecule has 8 rings (SSSR count). The van der Waals surface area contributed by atoms with Crippen molar-refractivity contribution in [2.45, 2.75) is 44.4 Å². The van der Waals surface area contributed by atoms with Crippen LogP contribution in [0.1, 0.15) is 54.6 Å². The van der Waals surface area contributed by atoms with Gasteiger partial charge in [-0.1, -0.05) is 104 Å². The zero-order chi connectivity index (χ0) is 39.1. The number of aromatic amines is 2. The molecule has 2 unspecified atom stereocenters. The quantitative estimate of drug-likeness (QED) is 0.0876. The molecule has 294 valence electrons. The molecule has 2 aliphatic heterocycles. The highest BCUT2D eigenvalue weighted by atomic mass is 35.5. The van der Waals surface area contributed by atoms with Crippen LogP contribution < -0.4 is 5.32 Å². The number of H-pyrrole nitrogens is 2. The molecule has 4 aromatic carbocycles. The Bertz CT molecular complexity index is 2300. The molecule has 0 fully saturated rings. The predicted molar refractivity (Wildman–Crippen MR) is 223 cm³/mol. The van der Waals surface area contributed by atoms with E-state index in [4.69, 9.17) is 44.3 Å². The number of nitrogens with zero attached hydrogens (tertiary/aromatic N) is 1. The van der Waals surface area contributed by atoms with E-state index in [1.807, 2.05) is 84.9 Å². The Kier molecular flexibility index (Phi) is 14.4. The van der Waals surface area contributed by atoms with Crippen LogP contribution >= 0.6 is 34.8 Å². The van der Waals surface area contributed by atoms with Gasteiger partial charge in [0.05, 0.1) is 32.2 Å². The van der Waals surface area contributed by atoms with Crippen molar-refractivity contribution in [1.82, 2.24) is 20.2 Å². The lowest BCUT2D eigenvalue weighted by molar-refractivity contribution is -0.154. The normalized spacial score (nSPS) is 18.1. The number of para-hydroxylation sites is 2. The zero-order valence-electron chi connectivity index (χ0n) is 30.1. The van der Waals surface area contributed by atoms with Crippen LogP contribution in [0.4, 0.5) is 0 Å². The molecule has 0 saturated carbocycles. The van der Waals surface area contributed by atoms with Gasteiger partial charge in [0.2, 0.25) is 11.1 Å². The highest BCUT2D eigenvalue weighted by molar-refractivity contribution is 6.67. The maximum atomic E-state index is 12.8. The lowest BCUT2D eigenvalue weighted by atomic mass is 9.88. The van der Waals surface area contributed by atoms with Gasteiger partial charge in [0.1, 0.15) is 18.0 Å². The zero-order valence-corrected chi connectivity index (χ0v) is 32.3. The van der Waals surface area contributed by atoms with Gasteiger partial charge in [-0.3, -0.25) is 19.7 Å². The monoisotopic (exact) mass is 819 g/mol. The van der Waals surface area contributed by atoms with Gasteiger partial charge in [0.15, 0.2) is 0 Å². The molecule has 2 aromatic heterocycles. The van der Waals surface area contributed by atoms with Gasteiger partial charge in [-0.15, -0.1) is 23.2 Å². The molecule has 3 N–H and O–H groups in total. The second-order valence-corrected chi connectivity index (χ2v) is 13.9. The Morgan fingerprint density at radius 1 is 0.679 bits per heavy atom. The van der Waals surface area contributed by atoms with E-state index in [-0.39, 0.29) is 44.6 Å². The van der Waals surface area contributed by atoms with Crippen molar-refractivity contribution < 1.29 is 30.1 Å². The van der Waals surface area contributed by atoms with Crippen LogP contribution in [0, 0.1) is 0 Å². The van der Waals surface area contributed by atoms with Crippen LogP contribution in [0.2, 0.25) is 0 Å².